The number of anilines is 1. The van der Waals surface area contributed by atoms with E-state index in [1.165, 1.54) is 12.3 Å². The summed E-state index contributed by atoms with van der Waals surface area (Å²) < 4.78 is 27.0. The SMILES string of the molecule is OC1(CNc2ccnc3c(F)cc(F)cc23)CCSC1. The summed E-state index contributed by atoms with van der Waals surface area (Å²) in [4.78, 5) is 3.93. The van der Waals surface area contributed by atoms with E-state index in [9.17, 15) is 13.9 Å². The Labute approximate surface area is 119 Å². The minimum absolute atomic E-state index is 0.129. The van der Waals surface area contributed by atoms with Crippen molar-refractivity contribution in [3.63, 3.8) is 0 Å². The molecule has 6 heteroatoms. The molecule has 1 aromatic heterocycles. The van der Waals surface area contributed by atoms with Crippen molar-refractivity contribution in [2.45, 2.75) is 12.0 Å². The number of pyridine rings is 1. The Balaban J connectivity index is 1.91. The monoisotopic (exact) mass is 296 g/mol. The highest BCUT2D eigenvalue weighted by molar-refractivity contribution is 7.99. The van der Waals surface area contributed by atoms with Crippen LogP contribution in [0.15, 0.2) is 24.4 Å². The highest BCUT2D eigenvalue weighted by Gasteiger charge is 2.31. The van der Waals surface area contributed by atoms with Gasteiger partial charge in [-0.25, -0.2) is 8.78 Å². The fourth-order valence-electron chi connectivity index (χ4n) is 2.33. The van der Waals surface area contributed by atoms with Gasteiger partial charge in [0.1, 0.15) is 11.3 Å². The van der Waals surface area contributed by atoms with E-state index in [4.69, 9.17) is 0 Å². The van der Waals surface area contributed by atoms with Gasteiger partial charge < -0.3 is 10.4 Å². The number of fused-ring (bicyclic) bond motifs is 1. The zero-order chi connectivity index (χ0) is 14.2. The summed E-state index contributed by atoms with van der Waals surface area (Å²) in [6.45, 7) is 0.358. The second-order valence-electron chi connectivity index (χ2n) is 5.02. The number of aliphatic hydroxyl groups is 1. The topological polar surface area (TPSA) is 45.1 Å². The Bertz CT molecular complexity index is 644. The van der Waals surface area contributed by atoms with Gasteiger partial charge in [0.2, 0.25) is 0 Å². The van der Waals surface area contributed by atoms with E-state index in [1.54, 1.807) is 17.8 Å². The fraction of sp³-hybridized carbons (Fsp3) is 0.357. The Morgan fingerprint density at radius 2 is 2.25 bits per heavy atom. The fourth-order valence-corrected chi connectivity index (χ4v) is 3.62. The van der Waals surface area contributed by atoms with Crippen molar-refractivity contribution >= 4 is 28.4 Å². The molecule has 0 aliphatic carbocycles. The first-order valence-electron chi connectivity index (χ1n) is 6.35. The molecule has 0 amide bonds. The maximum atomic E-state index is 13.7. The molecule has 1 unspecified atom stereocenters. The largest absolute Gasteiger partial charge is 0.387 e. The molecule has 3 rings (SSSR count). The molecule has 2 aromatic rings. The minimum Gasteiger partial charge on any atom is -0.387 e. The third-order valence-corrected chi connectivity index (χ3v) is 4.69. The molecule has 1 aliphatic heterocycles. The van der Waals surface area contributed by atoms with E-state index >= 15 is 0 Å². The highest BCUT2D eigenvalue weighted by atomic mass is 32.2. The van der Waals surface area contributed by atoms with Crippen LogP contribution in [-0.4, -0.2) is 33.7 Å². The van der Waals surface area contributed by atoms with Gasteiger partial charge >= 0.3 is 0 Å². The normalized spacial score (nSPS) is 22.4. The van der Waals surface area contributed by atoms with Crippen LogP contribution in [0.3, 0.4) is 0 Å². The molecule has 0 bridgehead atoms. The second kappa shape index (κ2) is 5.18. The molecule has 1 aliphatic rings. The van der Waals surface area contributed by atoms with Gasteiger partial charge in [-0.2, -0.15) is 11.8 Å². The van der Waals surface area contributed by atoms with E-state index in [2.05, 4.69) is 10.3 Å². The summed E-state index contributed by atoms with van der Waals surface area (Å²) in [6.07, 6.45) is 2.19. The number of nitrogens with zero attached hydrogens (tertiary/aromatic N) is 1. The molecule has 1 fully saturated rings. The number of halogens is 2. The molecule has 3 nitrogen and oxygen atoms in total. The van der Waals surface area contributed by atoms with Crippen LogP contribution >= 0.6 is 11.8 Å². The lowest BCUT2D eigenvalue weighted by Gasteiger charge is -2.22. The standard InChI is InChI=1S/C14H14F2N2OS/c15-9-5-10-12(1-3-17-13(10)11(16)6-9)18-7-14(19)2-4-20-8-14/h1,3,5-6,19H,2,4,7-8H2,(H,17,18). The molecule has 20 heavy (non-hydrogen) atoms. The van der Waals surface area contributed by atoms with Gasteiger partial charge in [0.15, 0.2) is 5.82 Å². The van der Waals surface area contributed by atoms with Gasteiger partial charge in [0.05, 0.1) is 5.60 Å². The molecular formula is C14H14F2N2OS. The molecule has 106 valence electrons. The van der Waals surface area contributed by atoms with Crippen LogP contribution in [0.5, 0.6) is 0 Å². The number of thioether (sulfide) groups is 1. The van der Waals surface area contributed by atoms with Crippen LogP contribution < -0.4 is 5.32 Å². The van der Waals surface area contributed by atoms with Crippen molar-refractivity contribution in [1.29, 1.82) is 0 Å². The maximum Gasteiger partial charge on any atom is 0.152 e. The van der Waals surface area contributed by atoms with E-state index < -0.39 is 17.2 Å². The van der Waals surface area contributed by atoms with E-state index in [-0.39, 0.29) is 5.52 Å². The van der Waals surface area contributed by atoms with Crippen molar-refractivity contribution in [3.05, 3.63) is 36.0 Å². The van der Waals surface area contributed by atoms with Crippen LogP contribution in [0.25, 0.3) is 10.9 Å². The number of nitrogens with one attached hydrogen (secondary N) is 1. The molecule has 1 atom stereocenters. The Hall–Kier alpha value is -1.40. The molecular weight excluding hydrogens is 282 g/mol. The molecule has 1 aromatic carbocycles. The summed E-state index contributed by atoms with van der Waals surface area (Å²) in [5.41, 5.74) is -0.0468. The van der Waals surface area contributed by atoms with Gasteiger partial charge in [-0.05, 0) is 24.3 Å². The predicted octanol–water partition coefficient (Wildman–Crippen LogP) is 2.79. The lowest BCUT2D eigenvalue weighted by atomic mass is 10.0. The van der Waals surface area contributed by atoms with Gasteiger partial charge in [0, 0.05) is 35.6 Å². The smallest absolute Gasteiger partial charge is 0.152 e. The minimum atomic E-state index is -0.758. The van der Waals surface area contributed by atoms with Crippen LogP contribution in [0.1, 0.15) is 6.42 Å². The number of hydrogen-bond donors (Lipinski definition) is 2. The highest BCUT2D eigenvalue weighted by Crippen LogP contribution is 2.30. The van der Waals surface area contributed by atoms with Gasteiger partial charge in [-0.15, -0.1) is 0 Å². The van der Waals surface area contributed by atoms with E-state index in [0.29, 0.717) is 23.4 Å². The third kappa shape index (κ3) is 2.58. The summed E-state index contributed by atoms with van der Waals surface area (Å²) >= 11 is 1.70. The molecule has 1 saturated heterocycles. The Kier molecular flexibility index (Phi) is 3.52. The number of benzene rings is 1. The van der Waals surface area contributed by atoms with Crippen molar-refractivity contribution in [3.8, 4) is 0 Å². The Morgan fingerprint density at radius 1 is 1.40 bits per heavy atom. The zero-order valence-electron chi connectivity index (χ0n) is 10.7. The first-order chi connectivity index (χ1) is 9.57. The van der Waals surface area contributed by atoms with Crippen LogP contribution in [-0.2, 0) is 0 Å². The molecule has 0 spiro atoms. The number of aromatic nitrogens is 1. The van der Waals surface area contributed by atoms with Crippen LogP contribution in [0.2, 0.25) is 0 Å². The lowest BCUT2D eigenvalue weighted by Crippen LogP contribution is -2.36. The number of rotatable bonds is 3. The third-order valence-electron chi connectivity index (χ3n) is 3.45. The number of hydrogen-bond acceptors (Lipinski definition) is 4. The summed E-state index contributed by atoms with van der Waals surface area (Å²) in [5.74, 6) is 0.282. The van der Waals surface area contributed by atoms with Crippen molar-refractivity contribution in [2.75, 3.05) is 23.4 Å². The molecule has 2 N–H and O–H groups in total. The van der Waals surface area contributed by atoms with Crippen LogP contribution in [0, 0.1) is 11.6 Å². The zero-order valence-corrected chi connectivity index (χ0v) is 11.5. The average Bonchev–Trinajstić information content (AvgIpc) is 2.84. The predicted molar refractivity (Wildman–Crippen MR) is 77.0 cm³/mol. The maximum absolute atomic E-state index is 13.7. The average molecular weight is 296 g/mol. The lowest BCUT2D eigenvalue weighted by molar-refractivity contribution is 0.0820. The Morgan fingerprint density at radius 3 is 3.00 bits per heavy atom. The van der Waals surface area contributed by atoms with Gasteiger partial charge in [0.25, 0.3) is 0 Å². The second-order valence-corrected chi connectivity index (χ2v) is 6.13. The summed E-state index contributed by atoms with van der Waals surface area (Å²) in [5, 5.41) is 13.8. The molecule has 0 radical (unpaired) electrons. The summed E-state index contributed by atoms with van der Waals surface area (Å²) in [7, 11) is 0. The van der Waals surface area contributed by atoms with Gasteiger partial charge in [-0.1, -0.05) is 0 Å². The first kappa shape index (κ1) is 13.6. The van der Waals surface area contributed by atoms with E-state index in [1.807, 2.05) is 0 Å². The van der Waals surface area contributed by atoms with Crippen molar-refractivity contribution in [1.82, 2.24) is 4.98 Å². The van der Waals surface area contributed by atoms with Crippen LogP contribution in [0.4, 0.5) is 14.5 Å². The quantitative estimate of drug-likeness (QED) is 0.914. The summed E-state index contributed by atoms with van der Waals surface area (Å²) in [6, 6.07) is 3.73. The van der Waals surface area contributed by atoms with Gasteiger partial charge in [-0.3, -0.25) is 4.98 Å². The van der Waals surface area contributed by atoms with Crippen molar-refractivity contribution in [2.24, 2.45) is 0 Å². The first-order valence-corrected chi connectivity index (χ1v) is 7.51. The molecule has 0 saturated carbocycles. The van der Waals surface area contributed by atoms with Crippen molar-refractivity contribution < 1.29 is 13.9 Å². The molecule has 2 heterocycles. The van der Waals surface area contributed by atoms with E-state index in [0.717, 1.165) is 18.2 Å².